The Morgan fingerprint density at radius 1 is 1.28 bits per heavy atom. The lowest BCUT2D eigenvalue weighted by atomic mass is 10.1. The van der Waals surface area contributed by atoms with Gasteiger partial charge < -0.3 is 19.4 Å². The molecule has 1 aromatic carbocycles. The van der Waals surface area contributed by atoms with E-state index in [2.05, 4.69) is 10.3 Å². The number of amides is 1. The number of nitrogens with one attached hydrogen (secondary N) is 1. The van der Waals surface area contributed by atoms with Crippen LogP contribution < -0.4 is 14.8 Å². The number of benzene rings is 1. The monoisotopic (exact) mass is 355 g/mol. The van der Waals surface area contributed by atoms with Gasteiger partial charge in [-0.3, -0.25) is 4.79 Å². The van der Waals surface area contributed by atoms with Gasteiger partial charge in [-0.15, -0.1) is 11.3 Å². The molecule has 3 heterocycles. The first kappa shape index (κ1) is 15.7. The van der Waals surface area contributed by atoms with Gasteiger partial charge in [0.05, 0.1) is 0 Å². The molecular formula is C18H17N3O3S. The molecule has 4 rings (SSSR count). The van der Waals surface area contributed by atoms with Crippen LogP contribution in [0.25, 0.3) is 0 Å². The number of aromatic nitrogens is 2. The number of fused-ring (bicyclic) bond motifs is 1. The minimum atomic E-state index is -0.351. The van der Waals surface area contributed by atoms with E-state index < -0.39 is 0 Å². The average Bonchev–Trinajstić information content (AvgIpc) is 3.26. The SMILES string of the molecule is Cn1ccnc1[C@@H](NC(=O)c1scc2c1OCCO2)c1ccccc1. The molecule has 0 radical (unpaired) electrons. The molecule has 0 fully saturated rings. The van der Waals surface area contributed by atoms with Gasteiger partial charge in [0, 0.05) is 24.8 Å². The van der Waals surface area contributed by atoms with Crippen LogP contribution >= 0.6 is 11.3 Å². The van der Waals surface area contributed by atoms with Crippen molar-refractivity contribution in [1.29, 1.82) is 0 Å². The van der Waals surface area contributed by atoms with Crippen molar-refractivity contribution in [2.24, 2.45) is 7.05 Å². The van der Waals surface area contributed by atoms with Crippen LogP contribution in [0.4, 0.5) is 0 Å². The van der Waals surface area contributed by atoms with Crippen LogP contribution in [0.3, 0.4) is 0 Å². The summed E-state index contributed by atoms with van der Waals surface area (Å²) in [5.41, 5.74) is 0.966. The highest BCUT2D eigenvalue weighted by Crippen LogP contribution is 2.39. The fourth-order valence-corrected chi connectivity index (χ4v) is 3.65. The van der Waals surface area contributed by atoms with Crippen molar-refractivity contribution in [2.75, 3.05) is 13.2 Å². The van der Waals surface area contributed by atoms with Crippen LogP contribution in [-0.4, -0.2) is 28.7 Å². The predicted molar refractivity (Wildman–Crippen MR) is 94.3 cm³/mol. The molecule has 1 N–H and O–H groups in total. The first-order valence-corrected chi connectivity index (χ1v) is 8.82. The molecule has 1 amide bonds. The summed E-state index contributed by atoms with van der Waals surface area (Å²) in [5, 5.41) is 4.89. The molecule has 0 bridgehead atoms. The van der Waals surface area contributed by atoms with Crippen molar-refractivity contribution < 1.29 is 14.3 Å². The van der Waals surface area contributed by atoms with Crippen molar-refractivity contribution in [3.8, 4) is 11.5 Å². The predicted octanol–water partition coefficient (Wildman–Crippen LogP) is 2.77. The van der Waals surface area contributed by atoms with E-state index in [1.807, 2.05) is 53.5 Å². The summed E-state index contributed by atoms with van der Waals surface area (Å²) in [5.74, 6) is 1.73. The summed E-state index contributed by atoms with van der Waals surface area (Å²) >= 11 is 1.32. The standard InChI is InChI=1S/C18H17N3O3S/c1-21-8-7-19-17(21)14(12-5-3-2-4-6-12)20-18(22)16-15-13(11-25-16)23-9-10-24-15/h2-8,11,14H,9-10H2,1H3,(H,20,22)/t14-/m0/s1. The molecular weight excluding hydrogens is 338 g/mol. The number of aryl methyl sites for hydroxylation is 1. The highest BCUT2D eigenvalue weighted by Gasteiger charge is 2.27. The van der Waals surface area contributed by atoms with E-state index >= 15 is 0 Å². The van der Waals surface area contributed by atoms with Crippen LogP contribution in [-0.2, 0) is 7.05 Å². The Balaban J connectivity index is 1.66. The van der Waals surface area contributed by atoms with Crippen LogP contribution in [0.5, 0.6) is 11.5 Å². The third-order valence-corrected chi connectivity index (χ3v) is 4.97. The molecule has 7 heteroatoms. The minimum absolute atomic E-state index is 0.200. The van der Waals surface area contributed by atoms with Gasteiger partial charge in [0.2, 0.25) is 0 Å². The van der Waals surface area contributed by atoms with Crippen LogP contribution in [0, 0.1) is 0 Å². The topological polar surface area (TPSA) is 65.4 Å². The molecule has 0 unspecified atom stereocenters. The fourth-order valence-electron chi connectivity index (χ4n) is 2.81. The zero-order valence-electron chi connectivity index (χ0n) is 13.6. The molecule has 3 aromatic rings. The second-order valence-corrected chi connectivity index (χ2v) is 6.55. The number of nitrogens with zero attached hydrogens (tertiary/aromatic N) is 2. The second kappa shape index (κ2) is 6.60. The Morgan fingerprint density at radius 2 is 2.08 bits per heavy atom. The van der Waals surface area contributed by atoms with Crippen molar-refractivity contribution in [3.05, 3.63) is 64.4 Å². The number of carbonyl (C=O) groups excluding carboxylic acids is 1. The number of thiophene rings is 1. The van der Waals surface area contributed by atoms with Crippen molar-refractivity contribution in [3.63, 3.8) is 0 Å². The van der Waals surface area contributed by atoms with Crippen LogP contribution in [0.2, 0.25) is 0 Å². The molecule has 25 heavy (non-hydrogen) atoms. The lowest BCUT2D eigenvalue weighted by Gasteiger charge is -2.20. The fraction of sp³-hybridized carbons (Fsp3) is 0.222. The lowest BCUT2D eigenvalue weighted by molar-refractivity contribution is 0.0936. The second-order valence-electron chi connectivity index (χ2n) is 5.67. The lowest BCUT2D eigenvalue weighted by Crippen LogP contribution is -2.31. The van der Waals surface area contributed by atoms with Gasteiger partial charge in [0.1, 0.15) is 30.0 Å². The maximum absolute atomic E-state index is 12.9. The molecule has 128 valence electrons. The molecule has 1 atom stereocenters. The zero-order valence-corrected chi connectivity index (χ0v) is 14.5. The van der Waals surface area contributed by atoms with Gasteiger partial charge in [-0.2, -0.15) is 0 Å². The van der Waals surface area contributed by atoms with E-state index in [1.165, 1.54) is 11.3 Å². The van der Waals surface area contributed by atoms with Gasteiger partial charge in [-0.05, 0) is 5.56 Å². The highest BCUT2D eigenvalue weighted by atomic mass is 32.1. The van der Waals surface area contributed by atoms with Gasteiger partial charge in [0.25, 0.3) is 5.91 Å². The van der Waals surface area contributed by atoms with Gasteiger partial charge in [-0.1, -0.05) is 30.3 Å². The summed E-state index contributed by atoms with van der Waals surface area (Å²) in [6.45, 7) is 0.955. The Kier molecular flexibility index (Phi) is 4.15. The first-order valence-electron chi connectivity index (χ1n) is 7.94. The maximum Gasteiger partial charge on any atom is 0.266 e. The third-order valence-electron chi connectivity index (χ3n) is 4.03. The maximum atomic E-state index is 12.9. The summed E-state index contributed by atoms with van der Waals surface area (Å²) < 4.78 is 13.0. The molecule has 1 aliphatic heterocycles. The van der Waals surface area contributed by atoms with E-state index in [4.69, 9.17) is 9.47 Å². The Morgan fingerprint density at radius 3 is 2.84 bits per heavy atom. The van der Waals surface area contributed by atoms with E-state index in [0.717, 1.165) is 11.4 Å². The van der Waals surface area contributed by atoms with E-state index in [9.17, 15) is 4.79 Å². The molecule has 0 spiro atoms. The molecule has 6 nitrogen and oxygen atoms in total. The normalized spacial score (nSPS) is 14.1. The van der Waals surface area contributed by atoms with Gasteiger partial charge in [-0.25, -0.2) is 4.98 Å². The number of carbonyl (C=O) groups is 1. The molecule has 0 saturated heterocycles. The Hall–Kier alpha value is -2.80. The Labute approximate surface area is 149 Å². The molecule has 0 aliphatic carbocycles. The average molecular weight is 355 g/mol. The highest BCUT2D eigenvalue weighted by molar-refractivity contribution is 7.12. The van der Waals surface area contributed by atoms with E-state index in [1.54, 1.807) is 6.20 Å². The Bertz CT molecular complexity index is 888. The van der Waals surface area contributed by atoms with Crippen LogP contribution in [0.15, 0.2) is 48.1 Å². The third kappa shape index (κ3) is 2.98. The number of imidazole rings is 1. The summed E-state index contributed by atoms with van der Waals surface area (Å²) in [6.07, 6.45) is 3.59. The number of ether oxygens (including phenoxy) is 2. The minimum Gasteiger partial charge on any atom is -0.485 e. The van der Waals surface area contributed by atoms with Crippen molar-refractivity contribution >= 4 is 17.2 Å². The molecule has 1 aliphatic rings. The summed E-state index contributed by atoms with van der Waals surface area (Å²) in [4.78, 5) is 17.8. The number of rotatable bonds is 4. The van der Waals surface area contributed by atoms with Crippen molar-refractivity contribution in [2.45, 2.75) is 6.04 Å². The summed E-state index contributed by atoms with van der Waals surface area (Å²) in [7, 11) is 1.91. The smallest absolute Gasteiger partial charge is 0.266 e. The largest absolute Gasteiger partial charge is 0.485 e. The van der Waals surface area contributed by atoms with Crippen molar-refractivity contribution in [1.82, 2.24) is 14.9 Å². The number of hydrogen-bond acceptors (Lipinski definition) is 5. The first-order chi connectivity index (χ1) is 12.2. The van der Waals surface area contributed by atoms with E-state index in [0.29, 0.717) is 29.6 Å². The quantitative estimate of drug-likeness (QED) is 0.782. The zero-order chi connectivity index (χ0) is 17.2. The number of hydrogen-bond donors (Lipinski definition) is 1. The van der Waals surface area contributed by atoms with Gasteiger partial charge >= 0.3 is 0 Å². The summed E-state index contributed by atoms with van der Waals surface area (Å²) in [6, 6.07) is 9.44. The molecule has 2 aromatic heterocycles. The molecule has 0 saturated carbocycles. The van der Waals surface area contributed by atoms with Gasteiger partial charge in [0.15, 0.2) is 11.5 Å². The van der Waals surface area contributed by atoms with Crippen LogP contribution in [0.1, 0.15) is 27.1 Å². The van der Waals surface area contributed by atoms with E-state index in [-0.39, 0.29) is 11.9 Å².